The van der Waals surface area contributed by atoms with E-state index in [-0.39, 0.29) is 5.78 Å². The Morgan fingerprint density at radius 3 is 2.86 bits per heavy atom. The molecule has 0 aliphatic rings. The highest BCUT2D eigenvalue weighted by Gasteiger charge is 2.08. The van der Waals surface area contributed by atoms with Crippen LogP contribution in [0.4, 0.5) is 0 Å². The second-order valence-electron chi connectivity index (χ2n) is 2.71. The predicted molar refractivity (Wildman–Crippen MR) is 63.3 cm³/mol. The number of ketones is 1. The van der Waals surface area contributed by atoms with Crippen LogP contribution in [-0.2, 0) is 0 Å². The molecule has 0 fully saturated rings. The van der Waals surface area contributed by atoms with Gasteiger partial charge < -0.3 is 0 Å². The Morgan fingerprint density at radius 2 is 2.21 bits per heavy atom. The van der Waals surface area contributed by atoms with Crippen molar-refractivity contribution in [2.75, 3.05) is 11.5 Å². The molecule has 1 nitrogen and oxygen atoms in total. The molecule has 0 spiro atoms. The van der Waals surface area contributed by atoms with Crippen LogP contribution in [0.3, 0.4) is 0 Å². The second-order valence-corrected chi connectivity index (χ2v) is 4.14. The molecule has 1 aromatic rings. The van der Waals surface area contributed by atoms with E-state index in [9.17, 15) is 4.79 Å². The van der Waals surface area contributed by atoms with Crippen LogP contribution in [0.5, 0.6) is 0 Å². The topological polar surface area (TPSA) is 17.1 Å². The van der Waals surface area contributed by atoms with Crippen molar-refractivity contribution < 1.29 is 4.79 Å². The van der Waals surface area contributed by atoms with E-state index in [0.717, 1.165) is 5.75 Å². The van der Waals surface area contributed by atoms with Gasteiger partial charge >= 0.3 is 0 Å². The highest BCUT2D eigenvalue weighted by molar-refractivity contribution is 8.00. The fraction of sp³-hybridized carbons (Fsp3) is 0.182. The lowest BCUT2D eigenvalue weighted by Gasteiger charge is -2.01. The van der Waals surface area contributed by atoms with Crippen molar-refractivity contribution in [1.82, 2.24) is 0 Å². The molecule has 0 unspecified atom stereocenters. The number of hydrogen-bond acceptors (Lipinski definition) is 2. The third-order valence-corrected chi connectivity index (χ3v) is 2.91. The van der Waals surface area contributed by atoms with Crippen LogP contribution in [0.25, 0.3) is 0 Å². The maximum atomic E-state index is 11.6. The minimum Gasteiger partial charge on any atom is -0.293 e. The van der Waals surface area contributed by atoms with Crippen molar-refractivity contribution >= 4 is 29.1 Å². The number of hydrogen-bond donors (Lipinski definition) is 0. The molecule has 0 N–H and O–H groups in total. The highest BCUT2D eigenvalue weighted by atomic mass is 35.5. The summed E-state index contributed by atoms with van der Waals surface area (Å²) in [5.74, 6) is 1.31. The van der Waals surface area contributed by atoms with E-state index in [1.54, 1.807) is 18.2 Å². The first-order valence-corrected chi connectivity index (χ1v) is 5.75. The van der Waals surface area contributed by atoms with E-state index < -0.39 is 0 Å². The van der Waals surface area contributed by atoms with E-state index in [4.69, 9.17) is 11.6 Å². The van der Waals surface area contributed by atoms with Gasteiger partial charge in [-0.25, -0.2) is 0 Å². The Labute approximate surface area is 93.2 Å². The molecule has 0 atom stereocenters. The molecule has 1 rings (SSSR count). The van der Waals surface area contributed by atoms with Crippen LogP contribution in [0.15, 0.2) is 36.9 Å². The standard InChI is InChI=1S/C11H11ClOS/c1-2-7-14-8-11(13)9-5-3-4-6-10(9)12/h2-6H,1,7-8H2. The van der Waals surface area contributed by atoms with Gasteiger partial charge in [0.25, 0.3) is 0 Å². The molecule has 0 aromatic heterocycles. The maximum Gasteiger partial charge on any atom is 0.174 e. The molecule has 0 aliphatic heterocycles. The van der Waals surface area contributed by atoms with Gasteiger partial charge in [-0.1, -0.05) is 29.8 Å². The summed E-state index contributed by atoms with van der Waals surface area (Å²) in [5, 5.41) is 0.525. The van der Waals surface area contributed by atoms with Crippen LogP contribution in [0.2, 0.25) is 5.02 Å². The van der Waals surface area contributed by atoms with Gasteiger partial charge in [-0.2, -0.15) is 0 Å². The summed E-state index contributed by atoms with van der Waals surface area (Å²) in [7, 11) is 0. The molecule has 0 saturated heterocycles. The molecule has 0 radical (unpaired) electrons. The third kappa shape index (κ3) is 3.20. The van der Waals surface area contributed by atoms with Gasteiger partial charge in [0, 0.05) is 11.3 Å². The molecule has 74 valence electrons. The lowest BCUT2D eigenvalue weighted by molar-refractivity contribution is 0.102. The average molecular weight is 227 g/mol. The zero-order valence-electron chi connectivity index (χ0n) is 7.70. The third-order valence-electron chi connectivity index (χ3n) is 1.64. The van der Waals surface area contributed by atoms with Gasteiger partial charge in [0.1, 0.15) is 0 Å². The first-order valence-electron chi connectivity index (χ1n) is 4.22. The largest absolute Gasteiger partial charge is 0.293 e. The van der Waals surface area contributed by atoms with Crippen molar-refractivity contribution in [3.8, 4) is 0 Å². The predicted octanol–water partition coefficient (Wildman–Crippen LogP) is 3.44. The summed E-state index contributed by atoms with van der Waals surface area (Å²) >= 11 is 7.42. The van der Waals surface area contributed by atoms with Crippen LogP contribution >= 0.6 is 23.4 Å². The molecule has 3 heteroatoms. The Balaban J connectivity index is 2.60. The number of rotatable bonds is 5. The first-order chi connectivity index (χ1) is 6.75. The second kappa shape index (κ2) is 5.89. The summed E-state index contributed by atoms with van der Waals surface area (Å²) in [5.41, 5.74) is 0.603. The zero-order valence-corrected chi connectivity index (χ0v) is 9.27. The highest BCUT2D eigenvalue weighted by Crippen LogP contribution is 2.17. The normalized spacial score (nSPS) is 9.79. The van der Waals surface area contributed by atoms with E-state index in [2.05, 4.69) is 6.58 Å². The SMILES string of the molecule is C=CCSCC(=O)c1ccccc1Cl. The average Bonchev–Trinajstić information content (AvgIpc) is 2.18. The van der Waals surface area contributed by atoms with Crippen molar-refractivity contribution in [3.63, 3.8) is 0 Å². The van der Waals surface area contributed by atoms with Gasteiger partial charge in [-0.05, 0) is 12.1 Å². The molecule has 0 saturated carbocycles. The van der Waals surface area contributed by atoms with Crippen LogP contribution < -0.4 is 0 Å². The first kappa shape index (κ1) is 11.3. The zero-order chi connectivity index (χ0) is 10.4. The van der Waals surface area contributed by atoms with Crippen LogP contribution in [-0.4, -0.2) is 17.3 Å². The molecule has 14 heavy (non-hydrogen) atoms. The van der Waals surface area contributed by atoms with Crippen molar-refractivity contribution in [3.05, 3.63) is 47.5 Å². The lowest BCUT2D eigenvalue weighted by Crippen LogP contribution is -2.03. The van der Waals surface area contributed by atoms with Gasteiger partial charge in [0.15, 0.2) is 5.78 Å². The number of halogens is 1. The minimum absolute atomic E-state index is 0.0717. The van der Waals surface area contributed by atoms with E-state index in [1.807, 2.05) is 12.1 Å². The minimum atomic E-state index is 0.0717. The molecule has 0 bridgehead atoms. The van der Waals surface area contributed by atoms with Crippen molar-refractivity contribution in [2.24, 2.45) is 0 Å². The van der Waals surface area contributed by atoms with Crippen molar-refractivity contribution in [1.29, 1.82) is 0 Å². The fourth-order valence-corrected chi connectivity index (χ4v) is 1.87. The van der Waals surface area contributed by atoms with Gasteiger partial charge in [0.05, 0.1) is 10.8 Å². The molecule has 1 aromatic carbocycles. The summed E-state index contributed by atoms with van der Waals surface area (Å²) in [6, 6.07) is 7.11. The quantitative estimate of drug-likeness (QED) is 0.435. The maximum absolute atomic E-state index is 11.6. The summed E-state index contributed by atoms with van der Waals surface area (Å²) in [6.45, 7) is 3.59. The fourth-order valence-electron chi connectivity index (χ4n) is 1.00. The summed E-state index contributed by atoms with van der Waals surface area (Å²) < 4.78 is 0. The van der Waals surface area contributed by atoms with Gasteiger partial charge in [-0.3, -0.25) is 4.79 Å². The molecule has 0 heterocycles. The molecule has 0 amide bonds. The Hall–Kier alpha value is -0.730. The summed E-state index contributed by atoms with van der Waals surface area (Å²) in [6.07, 6.45) is 1.78. The lowest BCUT2D eigenvalue weighted by atomic mass is 10.1. The smallest absolute Gasteiger partial charge is 0.174 e. The number of thioether (sulfide) groups is 1. The number of carbonyl (C=O) groups excluding carboxylic acids is 1. The monoisotopic (exact) mass is 226 g/mol. The number of Topliss-reactive ketones (excluding diaryl/α,β-unsaturated/α-hetero) is 1. The van der Waals surface area contributed by atoms with Gasteiger partial charge in [0.2, 0.25) is 0 Å². The van der Waals surface area contributed by atoms with Crippen molar-refractivity contribution in [2.45, 2.75) is 0 Å². The van der Waals surface area contributed by atoms with E-state index in [1.165, 1.54) is 11.8 Å². The van der Waals surface area contributed by atoms with Crippen LogP contribution in [0.1, 0.15) is 10.4 Å². The number of benzene rings is 1. The summed E-state index contributed by atoms with van der Waals surface area (Å²) in [4.78, 5) is 11.6. The Kier molecular flexibility index (Phi) is 4.77. The van der Waals surface area contributed by atoms with Crippen LogP contribution in [0, 0.1) is 0 Å². The Morgan fingerprint density at radius 1 is 1.50 bits per heavy atom. The molecular weight excluding hydrogens is 216 g/mol. The molecular formula is C11H11ClOS. The van der Waals surface area contributed by atoms with E-state index >= 15 is 0 Å². The Bertz CT molecular complexity index is 336. The molecule has 0 aliphatic carbocycles. The van der Waals surface area contributed by atoms with E-state index in [0.29, 0.717) is 16.3 Å². The number of carbonyl (C=O) groups is 1. The van der Waals surface area contributed by atoms with Gasteiger partial charge in [-0.15, -0.1) is 18.3 Å².